The lowest BCUT2D eigenvalue weighted by Crippen LogP contribution is -2.52. The molecule has 0 spiro atoms. The van der Waals surface area contributed by atoms with Crippen LogP contribution in [0.15, 0.2) is 18.2 Å². The van der Waals surface area contributed by atoms with Gasteiger partial charge in [-0.25, -0.2) is 4.98 Å². The van der Waals surface area contributed by atoms with Gasteiger partial charge in [-0.1, -0.05) is 6.07 Å². The van der Waals surface area contributed by atoms with Crippen LogP contribution in [0.2, 0.25) is 0 Å². The predicted molar refractivity (Wildman–Crippen MR) is 86.4 cm³/mol. The number of morpholine rings is 1. The molecule has 2 aliphatic rings. The Morgan fingerprint density at radius 2 is 2.17 bits per heavy atom. The summed E-state index contributed by atoms with van der Waals surface area (Å²) in [5.74, 6) is 0.366. The second-order valence-corrected chi connectivity index (χ2v) is 6.21. The van der Waals surface area contributed by atoms with Gasteiger partial charge in [0.2, 0.25) is 0 Å². The molecule has 1 N–H and O–H groups in total. The van der Waals surface area contributed by atoms with Crippen molar-refractivity contribution in [2.45, 2.75) is 19.4 Å². The lowest BCUT2D eigenvalue weighted by Gasteiger charge is -2.37. The molecule has 0 saturated carbocycles. The number of aromatic nitrogens is 1. The van der Waals surface area contributed by atoms with Crippen molar-refractivity contribution in [2.24, 2.45) is 5.92 Å². The molecule has 1 aromatic heterocycles. The van der Waals surface area contributed by atoms with E-state index in [9.17, 15) is 4.79 Å². The quantitative estimate of drug-likeness (QED) is 0.872. The van der Waals surface area contributed by atoms with Crippen LogP contribution >= 0.6 is 0 Å². The third-order valence-electron chi connectivity index (χ3n) is 4.62. The number of ether oxygens (including phenoxy) is 2. The van der Waals surface area contributed by atoms with E-state index < -0.39 is 0 Å². The molecule has 126 valence electrons. The van der Waals surface area contributed by atoms with E-state index in [1.54, 1.807) is 6.07 Å². The fraction of sp³-hybridized carbons (Fsp3) is 0.647. The summed E-state index contributed by atoms with van der Waals surface area (Å²) < 4.78 is 11.0. The zero-order valence-electron chi connectivity index (χ0n) is 13.7. The number of rotatable bonds is 5. The third kappa shape index (κ3) is 4.28. The highest BCUT2D eigenvalue weighted by molar-refractivity contribution is 5.92. The smallest absolute Gasteiger partial charge is 0.269 e. The molecule has 2 fully saturated rings. The van der Waals surface area contributed by atoms with Gasteiger partial charge in [0.05, 0.1) is 19.8 Å². The average molecular weight is 319 g/mol. The lowest BCUT2D eigenvalue weighted by atomic mass is 9.97. The molecule has 3 rings (SSSR count). The molecule has 1 amide bonds. The van der Waals surface area contributed by atoms with Gasteiger partial charge in [0.1, 0.15) is 5.69 Å². The Labute approximate surface area is 137 Å². The summed E-state index contributed by atoms with van der Waals surface area (Å²) >= 11 is 0. The number of aryl methyl sites for hydroxylation is 1. The number of carbonyl (C=O) groups is 1. The first kappa shape index (κ1) is 16.4. The summed E-state index contributed by atoms with van der Waals surface area (Å²) in [6, 6.07) is 5.81. The zero-order valence-corrected chi connectivity index (χ0v) is 13.7. The summed E-state index contributed by atoms with van der Waals surface area (Å²) in [6.07, 6.45) is 1.06. The van der Waals surface area contributed by atoms with E-state index in [1.165, 1.54) is 0 Å². The summed E-state index contributed by atoms with van der Waals surface area (Å²) in [5, 5.41) is 3.06. The average Bonchev–Trinajstić information content (AvgIpc) is 3.10. The Hall–Kier alpha value is -1.50. The Balaban J connectivity index is 1.62. The predicted octanol–water partition coefficient (Wildman–Crippen LogP) is 0.857. The summed E-state index contributed by atoms with van der Waals surface area (Å²) in [5.41, 5.74) is 1.33. The number of pyridine rings is 1. The monoisotopic (exact) mass is 319 g/mol. The molecule has 6 nitrogen and oxygen atoms in total. The summed E-state index contributed by atoms with van der Waals surface area (Å²) in [7, 11) is 0. The van der Waals surface area contributed by atoms with Crippen molar-refractivity contribution >= 4 is 5.91 Å². The number of hydrogen-bond acceptors (Lipinski definition) is 5. The molecule has 0 aromatic carbocycles. The van der Waals surface area contributed by atoms with Crippen molar-refractivity contribution < 1.29 is 14.3 Å². The molecule has 0 unspecified atom stereocenters. The van der Waals surface area contributed by atoms with Gasteiger partial charge in [-0.15, -0.1) is 0 Å². The largest absolute Gasteiger partial charge is 0.381 e. The molecule has 2 saturated heterocycles. The minimum atomic E-state index is -0.106. The van der Waals surface area contributed by atoms with E-state index in [0.29, 0.717) is 24.2 Å². The van der Waals surface area contributed by atoms with E-state index in [0.717, 1.165) is 51.6 Å². The van der Waals surface area contributed by atoms with Crippen molar-refractivity contribution in [2.75, 3.05) is 46.1 Å². The fourth-order valence-corrected chi connectivity index (χ4v) is 3.32. The number of hydrogen-bond donors (Lipinski definition) is 1. The summed E-state index contributed by atoms with van der Waals surface area (Å²) in [4.78, 5) is 19.1. The van der Waals surface area contributed by atoms with E-state index >= 15 is 0 Å². The van der Waals surface area contributed by atoms with E-state index in [-0.39, 0.29) is 5.91 Å². The van der Waals surface area contributed by atoms with Gasteiger partial charge in [0, 0.05) is 43.9 Å². The van der Waals surface area contributed by atoms with Crippen LogP contribution in [0, 0.1) is 12.8 Å². The highest BCUT2D eigenvalue weighted by Crippen LogP contribution is 2.21. The van der Waals surface area contributed by atoms with E-state index in [2.05, 4.69) is 15.2 Å². The number of amides is 1. The van der Waals surface area contributed by atoms with Gasteiger partial charge >= 0.3 is 0 Å². The second-order valence-electron chi connectivity index (χ2n) is 6.21. The Kier molecular flexibility index (Phi) is 5.59. The molecule has 2 aliphatic heterocycles. The van der Waals surface area contributed by atoms with Crippen LogP contribution in [0.1, 0.15) is 22.6 Å². The Bertz CT molecular complexity index is 526. The molecule has 3 heterocycles. The highest BCUT2D eigenvalue weighted by Gasteiger charge is 2.31. The van der Waals surface area contributed by atoms with Crippen molar-refractivity contribution in [1.82, 2.24) is 15.2 Å². The first-order chi connectivity index (χ1) is 11.2. The first-order valence-electron chi connectivity index (χ1n) is 8.35. The maximum Gasteiger partial charge on any atom is 0.269 e. The van der Waals surface area contributed by atoms with E-state index in [4.69, 9.17) is 9.47 Å². The third-order valence-corrected chi connectivity index (χ3v) is 4.62. The van der Waals surface area contributed by atoms with Gasteiger partial charge in [-0.05, 0) is 25.5 Å². The fourth-order valence-electron chi connectivity index (χ4n) is 3.32. The molecule has 0 radical (unpaired) electrons. The van der Waals surface area contributed by atoms with Crippen LogP contribution in [0.3, 0.4) is 0 Å². The van der Waals surface area contributed by atoms with Crippen molar-refractivity contribution in [1.29, 1.82) is 0 Å². The van der Waals surface area contributed by atoms with Crippen LogP contribution in [0.25, 0.3) is 0 Å². The highest BCUT2D eigenvalue weighted by atomic mass is 16.5. The van der Waals surface area contributed by atoms with Crippen LogP contribution in [0.5, 0.6) is 0 Å². The molecular weight excluding hydrogens is 294 g/mol. The van der Waals surface area contributed by atoms with Crippen molar-refractivity contribution in [3.05, 3.63) is 29.6 Å². The zero-order chi connectivity index (χ0) is 16.1. The van der Waals surface area contributed by atoms with Crippen LogP contribution in [-0.4, -0.2) is 67.9 Å². The normalized spacial score (nSPS) is 23.6. The second kappa shape index (κ2) is 7.86. The van der Waals surface area contributed by atoms with Gasteiger partial charge in [-0.3, -0.25) is 9.69 Å². The lowest BCUT2D eigenvalue weighted by molar-refractivity contribution is 0.00165. The maximum absolute atomic E-state index is 12.4. The van der Waals surface area contributed by atoms with Crippen molar-refractivity contribution in [3.8, 4) is 0 Å². The van der Waals surface area contributed by atoms with Crippen LogP contribution in [-0.2, 0) is 9.47 Å². The van der Waals surface area contributed by atoms with Gasteiger partial charge in [0.25, 0.3) is 5.91 Å². The molecule has 2 atom stereocenters. The number of nitrogens with zero attached hydrogens (tertiary/aromatic N) is 2. The maximum atomic E-state index is 12.4. The molecule has 0 aliphatic carbocycles. The first-order valence-corrected chi connectivity index (χ1v) is 8.35. The molecule has 0 bridgehead atoms. The standard InChI is InChI=1S/C17H25N3O3/c1-13-3-2-4-15(19-13)17(21)18-11-16(14-5-8-23-12-14)20-6-9-22-10-7-20/h2-4,14,16H,5-12H2,1H3,(H,18,21)/t14-,16-/m0/s1. The van der Waals surface area contributed by atoms with E-state index in [1.807, 2.05) is 19.1 Å². The number of carbonyl (C=O) groups excluding carboxylic acids is 1. The van der Waals surface area contributed by atoms with Gasteiger partial charge in [-0.2, -0.15) is 0 Å². The molecular formula is C17H25N3O3. The van der Waals surface area contributed by atoms with Gasteiger partial charge in [0.15, 0.2) is 0 Å². The minimum Gasteiger partial charge on any atom is -0.381 e. The SMILES string of the molecule is Cc1cccc(C(=O)NC[C@@H]([C@H]2CCOC2)N2CCOCC2)n1. The Morgan fingerprint density at radius 1 is 1.35 bits per heavy atom. The minimum absolute atomic E-state index is 0.106. The van der Waals surface area contributed by atoms with Crippen molar-refractivity contribution in [3.63, 3.8) is 0 Å². The topological polar surface area (TPSA) is 63.7 Å². The molecule has 6 heteroatoms. The Morgan fingerprint density at radius 3 is 2.87 bits per heavy atom. The molecule has 1 aromatic rings. The van der Waals surface area contributed by atoms with Gasteiger partial charge < -0.3 is 14.8 Å². The van der Waals surface area contributed by atoms with Crippen LogP contribution < -0.4 is 5.32 Å². The number of nitrogens with one attached hydrogen (secondary N) is 1. The summed E-state index contributed by atoms with van der Waals surface area (Å²) in [6.45, 7) is 7.47. The van der Waals surface area contributed by atoms with Crippen LogP contribution in [0.4, 0.5) is 0 Å². The molecule has 23 heavy (non-hydrogen) atoms.